The Kier molecular flexibility index (Phi) is 5.74. The topological polar surface area (TPSA) is 89.9 Å². The van der Waals surface area contributed by atoms with E-state index < -0.39 is 36.4 Å². The molecular weight excluding hydrogens is 472 g/mol. The molecule has 2 aromatic carbocycles. The van der Waals surface area contributed by atoms with E-state index in [9.17, 15) is 23.2 Å². The quantitative estimate of drug-likeness (QED) is 0.411. The van der Waals surface area contributed by atoms with Crippen LogP contribution in [0, 0.1) is 13.8 Å². The van der Waals surface area contributed by atoms with E-state index in [0.717, 1.165) is 10.6 Å². The number of para-hydroxylation sites is 1. The molecule has 1 unspecified atom stereocenters. The number of aryl methyl sites for hydroxylation is 1. The van der Waals surface area contributed by atoms with Crippen molar-refractivity contribution in [1.82, 2.24) is 14.8 Å². The monoisotopic (exact) mass is 495 g/mol. The van der Waals surface area contributed by atoms with E-state index in [0.29, 0.717) is 28.3 Å². The molecule has 2 aliphatic heterocycles. The van der Waals surface area contributed by atoms with E-state index in [1.165, 1.54) is 12.1 Å². The van der Waals surface area contributed by atoms with Crippen LogP contribution in [0.4, 0.5) is 13.6 Å². The molecular formula is C26H23F2N3O5. The van der Waals surface area contributed by atoms with Crippen molar-refractivity contribution in [3.05, 3.63) is 77.1 Å². The van der Waals surface area contributed by atoms with Gasteiger partial charge in [0, 0.05) is 34.6 Å². The van der Waals surface area contributed by atoms with Crippen molar-refractivity contribution < 1.29 is 32.6 Å². The summed E-state index contributed by atoms with van der Waals surface area (Å²) in [5, 5.41) is 2.79. The molecule has 0 saturated carbocycles. The summed E-state index contributed by atoms with van der Waals surface area (Å²) in [6.07, 6.45) is 0.263. The molecule has 1 aromatic heterocycles. The Labute approximate surface area is 205 Å². The van der Waals surface area contributed by atoms with Gasteiger partial charge >= 0.3 is 12.6 Å². The van der Waals surface area contributed by atoms with E-state index in [2.05, 4.69) is 10.1 Å². The lowest BCUT2D eigenvalue weighted by Gasteiger charge is -2.33. The summed E-state index contributed by atoms with van der Waals surface area (Å²) in [4.78, 5) is 40.6. The van der Waals surface area contributed by atoms with Gasteiger partial charge in [-0.2, -0.15) is 8.78 Å². The molecule has 1 fully saturated rings. The number of alkyl halides is 2. The van der Waals surface area contributed by atoms with Crippen LogP contribution in [0.5, 0.6) is 11.5 Å². The third-order valence-corrected chi connectivity index (χ3v) is 6.61. The first-order chi connectivity index (χ1) is 17.2. The van der Waals surface area contributed by atoms with Gasteiger partial charge in [0.25, 0.3) is 5.91 Å². The molecule has 1 N–H and O–H groups in total. The van der Waals surface area contributed by atoms with Crippen LogP contribution in [0.3, 0.4) is 0 Å². The van der Waals surface area contributed by atoms with Gasteiger partial charge in [0.15, 0.2) is 11.3 Å². The Morgan fingerprint density at radius 1 is 1.14 bits per heavy atom. The largest absolute Gasteiger partial charge is 0.493 e. The molecule has 3 aromatic rings. The summed E-state index contributed by atoms with van der Waals surface area (Å²) in [5.74, 6) is -0.332. The number of rotatable bonds is 6. The molecule has 8 nitrogen and oxygen atoms in total. The van der Waals surface area contributed by atoms with Crippen LogP contribution in [0.1, 0.15) is 33.7 Å². The number of amides is 3. The van der Waals surface area contributed by atoms with Crippen LogP contribution in [0.25, 0.3) is 5.69 Å². The predicted molar refractivity (Wildman–Crippen MR) is 125 cm³/mol. The number of carbonyl (C=O) groups is 3. The minimum absolute atomic E-state index is 0.0229. The van der Waals surface area contributed by atoms with Crippen LogP contribution in [-0.4, -0.2) is 47.0 Å². The predicted octanol–water partition coefficient (Wildman–Crippen LogP) is 4.11. The normalized spacial score (nSPS) is 18.9. The maximum atomic E-state index is 13.5. The number of halogens is 2. The Bertz CT molecular complexity index is 1370. The fourth-order valence-electron chi connectivity index (χ4n) is 4.96. The summed E-state index contributed by atoms with van der Waals surface area (Å²) in [6.45, 7) is 0.462. The van der Waals surface area contributed by atoms with Crippen LogP contribution in [0.15, 0.2) is 54.6 Å². The molecule has 5 rings (SSSR count). The zero-order valence-corrected chi connectivity index (χ0v) is 19.6. The molecule has 1 atom stereocenters. The summed E-state index contributed by atoms with van der Waals surface area (Å²) in [5.41, 5.74) is 1.64. The Morgan fingerprint density at radius 2 is 1.86 bits per heavy atom. The Morgan fingerprint density at radius 3 is 2.58 bits per heavy atom. The lowest BCUT2D eigenvalue weighted by molar-refractivity contribution is -0.132. The van der Waals surface area contributed by atoms with Gasteiger partial charge in [-0.1, -0.05) is 18.2 Å². The number of nitrogens with zero attached hydrogens (tertiary/aromatic N) is 2. The van der Waals surface area contributed by atoms with Crippen LogP contribution < -0.4 is 14.8 Å². The van der Waals surface area contributed by atoms with Crippen molar-refractivity contribution in [1.29, 1.82) is 0 Å². The van der Waals surface area contributed by atoms with Gasteiger partial charge in [-0.3, -0.25) is 14.5 Å². The van der Waals surface area contributed by atoms with Crippen LogP contribution >= 0.6 is 0 Å². The van der Waals surface area contributed by atoms with Gasteiger partial charge in [0.2, 0.25) is 0 Å². The maximum Gasteiger partial charge on any atom is 0.387 e. The average Bonchev–Trinajstić information content (AvgIpc) is 3.27. The molecule has 2 aliphatic rings. The fraction of sp³-hybridized carbons (Fsp3) is 0.269. The number of Topliss-reactive ketones (excluding diaryl/α,β-unsaturated/α-hetero) is 1. The summed E-state index contributed by atoms with van der Waals surface area (Å²) < 4.78 is 36.7. The fourth-order valence-corrected chi connectivity index (χ4v) is 4.96. The molecule has 1 saturated heterocycles. The van der Waals surface area contributed by atoms with E-state index in [4.69, 9.17) is 4.74 Å². The van der Waals surface area contributed by atoms with Crippen LogP contribution in [0.2, 0.25) is 0 Å². The smallest absolute Gasteiger partial charge is 0.387 e. The van der Waals surface area contributed by atoms with Gasteiger partial charge in [0.1, 0.15) is 11.5 Å². The number of carbonyl (C=O) groups excluding carboxylic acids is 3. The summed E-state index contributed by atoms with van der Waals surface area (Å²) in [6, 6.07) is 14.1. The first-order valence-corrected chi connectivity index (χ1v) is 11.3. The van der Waals surface area contributed by atoms with Gasteiger partial charge in [-0.05, 0) is 50.2 Å². The van der Waals surface area contributed by atoms with Crippen molar-refractivity contribution in [3.8, 4) is 17.2 Å². The van der Waals surface area contributed by atoms with Gasteiger partial charge < -0.3 is 19.4 Å². The molecule has 1 spiro atoms. The highest BCUT2D eigenvalue weighted by Gasteiger charge is 2.55. The molecule has 3 amide bonds. The van der Waals surface area contributed by atoms with Gasteiger partial charge in [-0.25, -0.2) is 4.79 Å². The third kappa shape index (κ3) is 3.78. The second-order valence-electron chi connectivity index (χ2n) is 8.74. The molecule has 186 valence electrons. The molecule has 0 radical (unpaired) electrons. The molecule has 10 heteroatoms. The highest BCUT2D eigenvalue weighted by molar-refractivity contribution is 6.12. The zero-order chi connectivity index (χ0) is 25.6. The minimum atomic E-state index is -2.92. The number of benzene rings is 2. The van der Waals surface area contributed by atoms with Crippen LogP contribution in [-0.2, 0) is 10.3 Å². The number of imide groups is 1. The van der Waals surface area contributed by atoms with Gasteiger partial charge in [0.05, 0.1) is 13.2 Å². The number of ether oxygens (including phenoxy) is 2. The number of ketones is 1. The Balaban J connectivity index is 1.39. The van der Waals surface area contributed by atoms with Crippen molar-refractivity contribution in [2.45, 2.75) is 32.4 Å². The Hall–Kier alpha value is -4.21. The lowest BCUT2D eigenvalue weighted by Crippen LogP contribution is -2.47. The van der Waals surface area contributed by atoms with E-state index in [-0.39, 0.29) is 18.8 Å². The lowest BCUT2D eigenvalue weighted by atomic mass is 9.84. The second-order valence-corrected chi connectivity index (χ2v) is 8.74. The van der Waals surface area contributed by atoms with E-state index in [1.807, 2.05) is 0 Å². The van der Waals surface area contributed by atoms with Crippen molar-refractivity contribution in [2.24, 2.45) is 0 Å². The third-order valence-electron chi connectivity index (χ3n) is 6.61. The highest BCUT2D eigenvalue weighted by Crippen LogP contribution is 2.41. The number of aromatic nitrogens is 1. The summed E-state index contributed by atoms with van der Waals surface area (Å²) >= 11 is 0. The number of fused-ring (bicyclic) bond motifs is 2. The maximum absolute atomic E-state index is 13.5. The molecule has 36 heavy (non-hydrogen) atoms. The number of hydrogen-bond donors (Lipinski definition) is 1. The second kappa shape index (κ2) is 8.78. The first-order valence-electron chi connectivity index (χ1n) is 11.3. The average molecular weight is 495 g/mol. The van der Waals surface area contributed by atoms with Gasteiger partial charge in [-0.15, -0.1) is 0 Å². The van der Waals surface area contributed by atoms with Crippen molar-refractivity contribution in [2.75, 3.05) is 13.2 Å². The number of nitrogens with one attached hydrogen (secondary N) is 1. The van der Waals surface area contributed by atoms with E-state index in [1.54, 1.807) is 60.9 Å². The first kappa shape index (κ1) is 23.5. The van der Waals surface area contributed by atoms with Crippen molar-refractivity contribution in [3.63, 3.8) is 0 Å². The molecule has 0 bridgehead atoms. The number of hydrogen-bond acceptors (Lipinski definition) is 5. The highest BCUT2D eigenvalue weighted by atomic mass is 19.3. The SMILES string of the molecule is Cc1cc(C(=O)CN2C(=O)NC3(CCOc4ccccc43)C2=O)c(C)n1-c1ccc(OC(F)F)cc1. The molecule has 0 aliphatic carbocycles. The van der Waals surface area contributed by atoms with Crippen molar-refractivity contribution >= 4 is 17.7 Å². The minimum Gasteiger partial charge on any atom is -0.493 e. The summed E-state index contributed by atoms with van der Waals surface area (Å²) in [7, 11) is 0. The van der Waals surface area contributed by atoms with E-state index >= 15 is 0 Å². The number of urea groups is 1. The standard InChI is InChI=1S/C26H23F2N3O5/c1-15-13-19(16(2)31(15)17-7-9-18(10-8-17)36-24(27)28)21(32)14-30-23(33)26(29-25(30)34)11-12-35-22-6-4-3-5-20(22)26/h3-10,13,24H,11-12,14H2,1-2H3,(H,29,34). The zero-order valence-electron chi connectivity index (χ0n) is 19.6. The molecule has 3 heterocycles.